The van der Waals surface area contributed by atoms with Crippen LogP contribution < -0.4 is 5.43 Å². The Kier molecular flexibility index (Phi) is 2.85. The highest BCUT2D eigenvalue weighted by atomic mass is 16.1. The van der Waals surface area contributed by atoms with Gasteiger partial charge < -0.3 is 4.98 Å². The van der Waals surface area contributed by atoms with E-state index in [0.717, 1.165) is 11.3 Å². The summed E-state index contributed by atoms with van der Waals surface area (Å²) in [6.07, 6.45) is 5.27. The Morgan fingerprint density at radius 2 is 2.31 bits per heavy atom. The highest BCUT2D eigenvalue weighted by molar-refractivity contribution is 5.53. The molecule has 0 radical (unpaired) electrons. The van der Waals surface area contributed by atoms with Crippen LogP contribution in [-0.2, 0) is 0 Å². The average molecular weight is 175 g/mol. The highest BCUT2D eigenvalue weighted by Gasteiger charge is 1.97. The van der Waals surface area contributed by atoms with Gasteiger partial charge in [-0.15, -0.1) is 0 Å². The van der Waals surface area contributed by atoms with Gasteiger partial charge in [0.2, 0.25) is 0 Å². The quantitative estimate of drug-likeness (QED) is 0.687. The Labute approximate surface area is 77.6 Å². The van der Waals surface area contributed by atoms with Gasteiger partial charge in [-0.2, -0.15) is 0 Å². The van der Waals surface area contributed by atoms with Gasteiger partial charge in [-0.25, -0.2) is 0 Å². The first-order valence-electron chi connectivity index (χ1n) is 4.13. The maximum atomic E-state index is 11.4. The Morgan fingerprint density at radius 3 is 2.85 bits per heavy atom. The van der Waals surface area contributed by atoms with Crippen molar-refractivity contribution in [1.82, 2.24) is 4.98 Å². The molecular weight excluding hydrogens is 162 g/mol. The minimum atomic E-state index is 0.0359. The molecule has 1 N–H and O–H groups in total. The zero-order valence-corrected chi connectivity index (χ0v) is 7.92. The van der Waals surface area contributed by atoms with E-state index in [2.05, 4.69) is 11.6 Å². The maximum Gasteiger partial charge on any atom is 0.189 e. The van der Waals surface area contributed by atoms with E-state index in [1.54, 1.807) is 12.3 Å². The van der Waals surface area contributed by atoms with Gasteiger partial charge in [-0.1, -0.05) is 18.2 Å². The van der Waals surface area contributed by atoms with E-state index in [4.69, 9.17) is 0 Å². The predicted molar refractivity (Wildman–Crippen MR) is 55.6 cm³/mol. The monoisotopic (exact) mass is 175 g/mol. The van der Waals surface area contributed by atoms with Gasteiger partial charge in [0.25, 0.3) is 0 Å². The molecule has 0 aliphatic rings. The number of aromatic amines is 1. The van der Waals surface area contributed by atoms with Crippen LogP contribution in [0, 0.1) is 6.92 Å². The van der Waals surface area contributed by atoms with E-state index in [1.807, 2.05) is 19.9 Å². The van der Waals surface area contributed by atoms with Crippen LogP contribution >= 0.6 is 0 Å². The summed E-state index contributed by atoms with van der Waals surface area (Å²) in [7, 11) is 0. The van der Waals surface area contributed by atoms with Crippen molar-refractivity contribution in [2.45, 2.75) is 13.8 Å². The van der Waals surface area contributed by atoms with E-state index < -0.39 is 0 Å². The third-order valence-corrected chi connectivity index (χ3v) is 1.74. The smallest absolute Gasteiger partial charge is 0.189 e. The number of nitrogens with one attached hydrogen (secondary N) is 1. The maximum absolute atomic E-state index is 11.4. The first kappa shape index (κ1) is 9.52. The largest absolute Gasteiger partial charge is 0.364 e. The number of H-pyrrole nitrogens is 1. The van der Waals surface area contributed by atoms with Crippen molar-refractivity contribution in [2.24, 2.45) is 0 Å². The molecule has 1 rings (SSSR count). The van der Waals surface area contributed by atoms with Crippen LogP contribution in [-0.4, -0.2) is 4.98 Å². The van der Waals surface area contributed by atoms with E-state index in [1.165, 1.54) is 6.07 Å². The number of allylic oxidation sites excluding steroid dienone is 2. The summed E-state index contributed by atoms with van der Waals surface area (Å²) in [6.45, 7) is 7.50. The van der Waals surface area contributed by atoms with Crippen LogP contribution in [0.5, 0.6) is 0 Å². The summed E-state index contributed by atoms with van der Waals surface area (Å²) >= 11 is 0. The molecule has 0 saturated heterocycles. The topological polar surface area (TPSA) is 32.9 Å². The van der Waals surface area contributed by atoms with Gasteiger partial charge in [0.15, 0.2) is 5.43 Å². The Bertz CT molecular complexity index is 399. The minimum Gasteiger partial charge on any atom is -0.364 e. The number of hydrogen-bond donors (Lipinski definition) is 1. The lowest BCUT2D eigenvalue weighted by Gasteiger charge is -1.97. The normalized spacial score (nSPS) is 10.6. The zero-order valence-electron chi connectivity index (χ0n) is 7.92. The van der Waals surface area contributed by atoms with E-state index in [9.17, 15) is 4.79 Å². The summed E-state index contributed by atoms with van der Waals surface area (Å²) < 4.78 is 0. The van der Waals surface area contributed by atoms with Crippen LogP contribution in [0.4, 0.5) is 0 Å². The summed E-state index contributed by atoms with van der Waals surface area (Å²) in [4.78, 5) is 14.3. The van der Waals surface area contributed by atoms with Gasteiger partial charge in [0.1, 0.15) is 0 Å². The Balaban J connectivity index is 3.14. The molecule has 2 heteroatoms. The molecule has 68 valence electrons. The first-order chi connectivity index (χ1) is 6.11. The Hall–Kier alpha value is -1.57. The third-order valence-electron chi connectivity index (χ3n) is 1.74. The molecule has 0 saturated carbocycles. The number of aryl methyl sites for hydroxylation is 1. The molecule has 1 aromatic rings. The number of aromatic nitrogens is 1. The first-order valence-corrected chi connectivity index (χ1v) is 4.13. The van der Waals surface area contributed by atoms with Crippen LogP contribution in [0.2, 0.25) is 0 Å². The number of hydrogen-bond acceptors (Lipinski definition) is 1. The molecule has 0 amide bonds. The minimum absolute atomic E-state index is 0.0359. The van der Waals surface area contributed by atoms with Crippen LogP contribution in [0.3, 0.4) is 0 Å². The molecule has 0 aromatic carbocycles. The van der Waals surface area contributed by atoms with Gasteiger partial charge in [-0.05, 0) is 19.9 Å². The molecule has 0 bridgehead atoms. The van der Waals surface area contributed by atoms with Gasteiger partial charge in [0.05, 0.1) is 0 Å². The van der Waals surface area contributed by atoms with Crippen molar-refractivity contribution < 1.29 is 0 Å². The molecule has 0 aliphatic heterocycles. The van der Waals surface area contributed by atoms with Crippen molar-refractivity contribution in [2.75, 3.05) is 0 Å². The molecular formula is C11H13NO. The summed E-state index contributed by atoms with van der Waals surface area (Å²) in [5.41, 5.74) is 2.55. The highest BCUT2D eigenvalue weighted by Crippen LogP contribution is 2.02. The lowest BCUT2D eigenvalue weighted by Crippen LogP contribution is -2.06. The molecule has 0 spiro atoms. The summed E-state index contributed by atoms with van der Waals surface area (Å²) in [5.74, 6) is 0. The molecule has 2 nitrogen and oxygen atoms in total. The Morgan fingerprint density at radius 1 is 1.62 bits per heavy atom. The van der Waals surface area contributed by atoms with Crippen molar-refractivity contribution in [3.8, 4) is 0 Å². The summed E-state index contributed by atoms with van der Waals surface area (Å²) in [5, 5.41) is 0. The van der Waals surface area contributed by atoms with E-state index >= 15 is 0 Å². The van der Waals surface area contributed by atoms with E-state index in [-0.39, 0.29) is 5.43 Å². The SMILES string of the molecule is C=C(C)/C=C\c1c(C)[nH]ccc1=O. The number of rotatable bonds is 2. The van der Waals surface area contributed by atoms with Crippen LogP contribution in [0.1, 0.15) is 18.2 Å². The standard InChI is InChI=1S/C11H13NO/c1-8(2)4-5-10-9(3)12-7-6-11(10)13/h4-7H,1H2,2-3H3,(H,12,13)/b5-4-. The fraction of sp³-hybridized carbons (Fsp3) is 0.182. The van der Waals surface area contributed by atoms with Crippen LogP contribution in [0.25, 0.3) is 6.08 Å². The second-order valence-electron chi connectivity index (χ2n) is 3.06. The second-order valence-corrected chi connectivity index (χ2v) is 3.06. The van der Waals surface area contributed by atoms with Crippen molar-refractivity contribution in [3.05, 3.63) is 52.0 Å². The molecule has 0 atom stereocenters. The molecule has 0 aliphatic carbocycles. The van der Waals surface area contributed by atoms with Gasteiger partial charge >= 0.3 is 0 Å². The fourth-order valence-electron chi connectivity index (χ4n) is 1.03. The van der Waals surface area contributed by atoms with Gasteiger partial charge in [-0.3, -0.25) is 4.79 Å². The molecule has 13 heavy (non-hydrogen) atoms. The fourth-order valence-corrected chi connectivity index (χ4v) is 1.03. The molecule has 0 fully saturated rings. The van der Waals surface area contributed by atoms with Crippen LogP contribution in [0.15, 0.2) is 35.3 Å². The number of pyridine rings is 1. The third kappa shape index (κ3) is 2.44. The van der Waals surface area contributed by atoms with Crippen molar-refractivity contribution in [3.63, 3.8) is 0 Å². The van der Waals surface area contributed by atoms with E-state index in [0.29, 0.717) is 5.56 Å². The molecule has 0 unspecified atom stereocenters. The lowest BCUT2D eigenvalue weighted by molar-refractivity contribution is 1.17. The van der Waals surface area contributed by atoms with Gasteiger partial charge in [0, 0.05) is 23.5 Å². The lowest BCUT2D eigenvalue weighted by atomic mass is 10.1. The summed E-state index contributed by atoms with van der Waals surface area (Å²) in [6, 6.07) is 1.52. The van der Waals surface area contributed by atoms with Crippen molar-refractivity contribution >= 4 is 6.08 Å². The second kappa shape index (κ2) is 3.90. The zero-order chi connectivity index (χ0) is 9.84. The molecule has 1 heterocycles. The average Bonchev–Trinajstić information content (AvgIpc) is 2.03. The predicted octanol–water partition coefficient (Wildman–Crippen LogP) is 2.27. The molecule has 1 aromatic heterocycles. The van der Waals surface area contributed by atoms with Crippen molar-refractivity contribution in [1.29, 1.82) is 0 Å².